The molecule has 0 aliphatic rings. The summed E-state index contributed by atoms with van der Waals surface area (Å²) in [6, 6.07) is 0. The van der Waals surface area contributed by atoms with Crippen LogP contribution in [0.1, 0.15) is 13.8 Å². The molecule has 0 saturated heterocycles. The van der Waals surface area contributed by atoms with Crippen molar-refractivity contribution in [1.82, 2.24) is 0 Å². The molecule has 17 heavy (non-hydrogen) atoms. The van der Waals surface area contributed by atoms with Crippen molar-refractivity contribution in [3.8, 4) is 0 Å². The molecule has 13 heteroatoms. The molecule has 8 N–H and O–H groups in total. The standard InChI is InChI=1S/2C2H4O2.2ClH.2Mn.4H2O.O/c2*1-2(3)4;;;;;;;;;/h2*1H3,(H,3,4);2*1H;;;4*1H2;/q;;;;;+2;;;;;/p-2. The third-order valence-corrected chi connectivity index (χ3v) is 0. The maximum atomic E-state index is 8.89. The van der Waals surface area contributed by atoms with Crippen LogP contribution in [0.4, 0.5) is 0 Å². The Hall–Kier alpha value is 0.199. The van der Waals surface area contributed by atoms with Gasteiger partial charge in [-0.1, -0.05) is 0 Å². The zero-order valence-electron chi connectivity index (χ0n) is 8.61. The van der Waals surface area contributed by atoms with Crippen LogP contribution in [-0.4, -0.2) is 33.8 Å². The number of carbonyl (C=O) groups is 2. The zero-order chi connectivity index (χ0) is 9.15. The molecule has 0 aliphatic heterocycles. The molecule has 0 aliphatic carbocycles. The second kappa shape index (κ2) is 97.4. The van der Waals surface area contributed by atoms with E-state index in [9.17, 15) is 0 Å². The van der Waals surface area contributed by atoms with Crippen LogP contribution < -0.4 is 10.2 Å². The average molecular weight is 389 g/mol. The van der Waals surface area contributed by atoms with Gasteiger partial charge in [-0.2, -0.15) is 0 Å². The number of carboxylic acids is 2. The normalized spacial score (nSPS) is 3.18. The molecule has 1 radical (unpaired) electrons. The van der Waals surface area contributed by atoms with Gasteiger partial charge < -0.3 is 41.7 Å². The molecule has 0 aromatic carbocycles. The topological polar surface area (TPSA) is 223 Å². The number of carbonyl (C=O) groups excluding carboxylic acids is 2. The van der Waals surface area contributed by atoms with Gasteiger partial charge in [0.15, 0.2) is 0 Å². The van der Waals surface area contributed by atoms with Gasteiger partial charge >= 0.3 is 36.8 Å². The van der Waals surface area contributed by atoms with Crippen molar-refractivity contribution in [2.45, 2.75) is 13.8 Å². The molecule has 0 heterocycles. The maximum absolute atomic E-state index is 8.89. The summed E-state index contributed by atoms with van der Waals surface area (Å²) in [5, 5.41) is 17.8. The molecular weight excluding hydrogens is 373 g/mol. The van der Waals surface area contributed by atoms with E-state index in [0.29, 0.717) is 0 Å². The SMILES string of the molecule is CC(=O)[O-].CC(=O)[O-].Cl.Cl.O.O.O.O.[Mn+2].[O]=[Mn]. The molecule has 0 atom stereocenters. The van der Waals surface area contributed by atoms with Crippen molar-refractivity contribution in [2.75, 3.05) is 0 Å². The van der Waals surface area contributed by atoms with Crippen LogP contribution in [0.25, 0.3) is 0 Å². The van der Waals surface area contributed by atoms with Crippen LogP contribution in [0.3, 0.4) is 0 Å². The quantitative estimate of drug-likeness (QED) is 0.370. The molecule has 0 fully saturated rings. The first-order valence-electron chi connectivity index (χ1n) is 1.97. The fourth-order valence-corrected chi connectivity index (χ4v) is 0. The molecule has 0 spiro atoms. The first-order valence-corrected chi connectivity index (χ1v) is 2.45. The second-order valence-electron chi connectivity index (χ2n) is 0.983. The summed E-state index contributed by atoms with van der Waals surface area (Å²) in [5.74, 6) is -2.17. The van der Waals surface area contributed by atoms with E-state index in [4.69, 9.17) is 23.6 Å². The number of hydrogen-bond acceptors (Lipinski definition) is 5. The van der Waals surface area contributed by atoms with Gasteiger partial charge in [0.2, 0.25) is 0 Å². The van der Waals surface area contributed by atoms with Crippen LogP contribution in [-0.2, 0) is 46.4 Å². The van der Waals surface area contributed by atoms with E-state index in [1.165, 1.54) is 0 Å². The summed E-state index contributed by atoms with van der Waals surface area (Å²) in [6.07, 6.45) is 0. The molecule has 0 aromatic heterocycles. The monoisotopic (exact) mass is 388 g/mol. The van der Waals surface area contributed by atoms with Gasteiger partial charge in [-0.3, -0.25) is 0 Å². The summed E-state index contributed by atoms with van der Waals surface area (Å²) in [6.45, 7) is 1.94. The molecule has 0 amide bonds. The van der Waals surface area contributed by atoms with Gasteiger partial charge in [0.25, 0.3) is 0 Å². The van der Waals surface area contributed by atoms with Gasteiger partial charge in [0, 0.05) is 11.9 Å². The molecule has 114 valence electrons. The number of rotatable bonds is 0. The van der Waals surface area contributed by atoms with Crippen molar-refractivity contribution >= 4 is 36.8 Å². The third-order valence-electron chi connectivity index (χ3n) is 0. The molecule has 0 saturated carbocycles. The number of hydrogen-bond donors (Lipinski definition) is 0. The fraction of sp³-hybridized carbons (Fsp3) is 0.500. The first-order chi connectivity index (χ1) is 4.46. The van der Waals surface area contributed by atoms with Crippen molar-refractivity contribution in [1.29, 1.82) is 0 Å². The summed E-state index contributed by atoms with van der Waals surface area (Å²) in [7, 11) is 0. The Balaban J connectivity index is -0.00000000462. The Morgan fingerprint density at radius 1 is 0.765 bits per heavy atom. The summed E-state index contributed by atoms with van der Waals surface area (Å²) < 4.78 is 8.06. The van der Waals surface area contributed by atoms with Gasteiger partial charge in [0.05, 0.1) is 0 Å². The van der Waals surface area contributed by atoms with Gasteiger partial charge in [-0.05, 0) is 13.8 Å². The summed E-state index contributed by atoms with van der Waals surface area (Å²) in [5.41, 5.74) is 0. The van der Waals surface area contributed by atoms with E-state index >= 15 is 0 Å². The minimum absolute atomic E-state index is 0. The summed E-state index contributed by atoms with van der Waals surface area (Å²) in [4.78, 5) is 17.8. The van der Waals surface area contributed by atoms with Crippen LogP contribution in [0.15, 0.2) is 0 Å². The Bertz CT molecular complexity index is 97.2. The van der Waals surface area contributed by atoms with Crippen molar-refractivity contribution in [2.24, 2.45) is 0 Å². The van der Waals surface area contributed by atoms with E-state index in [0.717, 1.165) is 13.8 Å². The Labute approximate surface area is 129 Å². The van der Waals surface area contributed by atoms with Gasteiger partial charge in [-0.15, -0.1) is 24.8 Å². The van der Waals surface area contributed by atoms with Crippen LogP contribution in [0.2, 0.25) is 0 Å². The Kier molecular flexibility index (Phi) is 499. The Morgan fingerprint density at radius 3 is 0.765 bits per heavy atom. The average Bonchev–Trinajstić information content (AvgIpc) is 1.66. The minimum atomic E-state index is -1.08. The second-order valence-corrected chi connectivity index (χ2v) is 0.983. The number of carboxylic acid groups (broad SMARTS) is 2. The fourth-order valence-electron chi connectivity index (χ4n) is 0. The first kappa shape index (κ1) is 87.1. The van der Waals surface area contributed by atoms with Crippen LogP contribution >= 0.6 is 24.8 Å². The van der Waals surface area contributed by atoms with E-state index in [2.05, 4.69) is 0 Å². The van der Waals surface area contributed by atoms with Crippen molar-refractivity contribution in [3.63, 3.8) is 0 Å². The van der Waals surface area contributed by atoms with Crippen molar-refractivity contribution in [3.05, 3.63) is 0 Å². The van der Waals surface area contributed by atoms with E-state index in [-0.39, 0.29) is 63.8 Å². The number of aliphatic carboxylic acids is 2. The van der Waals surface area contributed by atoms with Gasteiger partial charge in [0.1, 0.15) is 0 Å². The predicted octanol–water partition coefficient (Wildman–Crippen LogP) is -5.07. The van der Waals surface area contributed by atoms with Crippen LogP contribution in [0.5, 0.6) is 0 Å². The van der Waals surface area contributed by atoms with Gasteiger partial charge in [-0.25, -0.2) is 0 Å². The Morgan fingerprint density at radius 2 is 0.765 bits per heavy atom. The predicted molar refractivity (Wildman–Crippen MR) is 51.0 cm³/mol. The molecule has 0 bridgehead atoms. The molecule has 0 unspecified atom stereocenters. The van der Waals surface area contributed by atoms with E-state index < -0.39 is 11.9 Å². The molecule has 0 rings (SSSR count). The molecule has 9 nitrogen and oxygen atoms in total. The van der Waals surface area contributed by atoms with E-state index in [1.807, 2.05) is 0 Å². The van der Waals surface area contributed by atoms with Crippen LogP contribution in [0, 0.1) is 0 Å². The molecule has 0 aromatic rings. The third kappa shape index (κ3) is 82500. The summed E-state index contributed by atoms with van der Waals surface area (Å²) >= 11 is 1.69. The van der Waals surface area contributed by atoms with Crippen molar-refractivity contribution < 1.29 is 78.6 Å². The molecular formula is C4H16Cl2Mn2O9. The zero-order valence-corrected chi connectivity index (χ0v) is 12.6. The number of halogens is 2. The van der Waals surface area contributed by atoms with E-state index in [1.54, 1.807) is 15.9 Å².